The number of esters is 2. The van der Waals surface area contributed by atoms with Crippen LogP contribution in [0.4, 0.5) is 0 Å². The van der Waals surface area contributed by atoms with E-state index in [0.29, 0.717) is 10.0 Å². The lowest BCUT2D eigenvalue weighted by Gasteiger charge is -2.06. The number of carbonyl (C=O) groups is 2. The molecule has 0 saturated carbocycles. The van der Waals surface area contributed by atoms with Crippen LogP contribution < -0.4 is 0 Å². The van der Waals surface area contributed by atoms with Crippen LogP contribution in [0, 0.1) is 0 Å². The molecule has 0 unspecified atom stereocenters. The van der Waals surface area contributed by atoms with Gasteiger partial charge in [-0.25, -0.2) is 9.59 Å². The average molecular weight is 411 g/mol. The van der Waals surface area contributed by atoms with Crippen molar-refractivity contribution in [1.82, 2.24) is 0 Å². The summed E-state index contributed by atoms with van der Waals surface area (Å²) >= 11 is 10.0. The average Bonchev–Trinajstić information content (AvgIpc) is 2.55. The maximum Gasteiger partial charge on any atom is 0.346 e. The van der Waals surface area contributed by atoms with Crippen molar-refractivity contribution in [2.75, 3.05) is 0 Å². The topological polar surface area (TPSA) is 43.4 Å². The lowest BCUT2D eigenvalue weighted by Crippen LogP contribution is -2.01. The van der Waals surface area contributed by atoms with Crippen LogP contribution in [0.2, 0.25) is 0 Å². The predicted molar refractivity (Wildman–Crippen MR) is 68.6 cm³/mol. The van der Waals surface area contributed by atoms with E-state index in [1.807, 2.05) is 0 Å². The molecule has 6 heteroatoms. The van der Waals surface area contributed by atoms with Crippen LogP contribution in [0.1, 0.15) is 5.56 Å². The van der Waals surface area contributed by atoms with Gasteiger partial charge in [-0.3, -0.25) is 0 Å². The first-order chi connectivity index (χ1) is 7.50. The fourth-order valence-electron chi connectivity index (χ4n) is 1.27. The minimum Gasteiger partial charge on any atom is -0.386 e. The summed E-state index contributed by atoms with van der Waals surface area (Å²) in [5, 5.41) is 0. The molecule has 0 aromatic heterocycles. The fourth-order valence-corrected chi connectivity index (χ4v) is 2.78. The Balaban J connectivity index is 2.58. The Morgan fingerprint density at radius 3 is 2.25 bits per heavy atom. The van der Waals surface area contributed by atoms with Crippen LogP contribution in [0.3, 0.4) is 0 Å². The molecule has 3 nitrogen and oxygen atoms in total. The van der Waals surface area contributed by atoms with Crippen molar-refractivity contribution in [3.05, 3.63) is 37.2 Å². The zero-order valence-electron chi connectivity index (χ0n) is 7.59. The van der Waals surface area contributed by atoms with Crippen molar-refractivity contribution < 1.29 is 14.3 Å². The van der Waals surface area contributed by atoms with Crippen LogP contribution in [0.15, 0.2) is 31.6 Å². The highest BCUT2D eigenvalue weighted by Crippen LogP contribution is 2.37. The van der Waals surface area contributed by atoms with Crippen molar-refractivity contribution in [2.24, 2.45) is 0 Å². The largest absolute Gasteiger partial charge is 0.386 e. The second-order valence-corrected chi connectivity index (χ2v) is 5.43. The summed E-state index contributed by atoms with van der Waals surface area (Å²) in [6, 6.07) is 3.51. The van der Waals surface area contributed by atoms with Crippen molar-refractivity contribution in [3.8, 4) is 0 Å². The maximum absolute atomic E-state index is 11.4. The number of hydrogen-bond donors (Lipinski definition) is 0. The molecule has 1 aromatic carbocycles. The SMILES string of the molecule is O=C1C=C(c2ccc(Br)c(Br)c2Br)C(=O)O1. The quantitative estimate of drug-likeness (QED) is 0.404. The third-order valence-electron chi connectivity index (χ3n) is 2.00. The zero-order valence-corrected chi connectivity index (χ0v) is 12.3. The van der Waals surface area contributed by atoms with Gasteiger partial charge in [0.2, 0.25) is 0 Å². The Morgan fingerprint density at radius 2 is 1.69 bits per heavy atom. The van der Waals surface area contributed by atoms with Gasteiger partial charge in [-0.1, -0.05) is 6.07 Å². The van der Waals surface area contributed by atoms with E-state index in [1.54, 1.807) is 12.1 Å². The Kier molecular flexibility index (Phi) is 3.32. The van der Waals surface area contributed by atoms with Crippen LogP contribution in [-0.2, 0) is 14.3 Å². The van der Waals surface area contributed by atoms with Gasteiger partial charge >= 0.3 is 11.9 Å². The molecule has 0 amide bonds. The Bertz CT molecular complexity index is 534. The fraction of sp³-hybridized carbons (Fsp3) is 0. The lowest BCUT2D eigenvalue weighted by atomic mass is 10.1. The second-order valence-electron chi connectivity index (χ2n) is 2.99. The summed E-state index contributed by atoms with van der Waals surface area (Å²) in [6.45, 7) is 0. The van der Waals surface area contributed by atoms with E-state index in [0.717, 1.165) is 8.95 Å². The van der Waals surface area contributed by atoms with Gasteiger partial charge in [0, 0.05) is 25.1 Å². The highest BCUT2D eigenvalue weighted by atomic mass is 79.9. The van der Waals surface area contributed by atoms with E-state index in [-0.39, 0.29) is 5.57 Å². The first-order valence-electron chi connectivity index (χ1n) is 4.12. The van der Waals surface area contributed by atoms with E-state index in [1.165, 1.54) is 6.08 Å². The molecule has 1 aliphatic rings. The van der Waals surface area contributed by atoms with Crippen LogP contribution in [-0.4, -0.2) is 11.9 Å². The summed E-state index contributed by atoms with van der Waals surface area (Å²) in [5.74, 6) is -1.26. The number of ether oxygens (including phenoxy) is 1. The highest BCUT2D eigenvalue weighted by Gasteiger charge is 2.27. The summed E-state index contributed by atoms with van der Waals surface area (Å²) < 4.78 is 6.75. The molecule has 0 atom stereocenters. The molecular weight excluding hydrogens is 408 g/mol. The number of hydrogen-bond acceptors (Lipinski definition) is 3. The van der Waals surface area contributed by atoms with E-state index in [9.17, 15) is 9.59 Å². The van der Waals surface area contributed by atoms with Crippen molar-refractivity contribution in [2.45, 2.75) is 0 Å². The minimum atomic E-state index is -0.633. The molecule has 2 rings (SSSR count). The van der Waals surface area contributed by atoms with E-state index in [2.05, 4.69) is 52.5 Å². The minimum absolute atomic E-state index is 0.255. The molecule has 0 spiro atoms. The van der Waals surface area contributed by atoms with Gasteiger partial charge in [0.05, 0.1) is 5.57 Å². The van der Waals surface area contributed by atoms with E-state index < -0.39 is 11.9 Å². The van der Waals surface area contributed by atoms with Gasteiger partial charge in [-0.15, -0.1) is 0 Å². The molecule has 0 N–H and O–H groups in total. The highest BCUT2D eigenvalue weighted by molar-refractivity contribution is 9.14. The Morgan fingerprint density at radius 1 is 1.00 bits per heavy atom. The number of carbonyl (C=O) groups excluding carboxylic acids is 2. The molecular formula is C10H3Br3O3. The first-order valence-corrected chi connectivity index (χ1v) is 6.50. The molecule has 0 bridgehead atoms. The van der Waals surface area contributed by atoms with Gasteiger partial charge in [0.1, 0.15) is 0 Å². The molecule has 82 valence electrons. The zero-order chi connectivity index (χ0) is 11.9. The number of cyclic esters (lactones) is 2. The third kappa shape index (κ3) is 2.01. The number of halogens is 3. The van der Waals surface area contributed by atoms with Crippen molar-refractivity contribution >= 4 is 65.3 Å². The first kappa shape index (κ1) is 12.0. The van der Waals surface area contributed by atoms with Crippen LogP contribution in [0.25, 0.3) is 5.57 Å². The monoisotopic (exact) mass is 408 g/mol. The summed E-state index contributed by atoms with van der Waals surface area (Å²) in [4.78, 5) is 22.3. The van der Waals surface area contributed by atoms with Crippen LogP contribution >= 0.6 is 47.8 Å². The molecule has 0 aliphatic carbocycles. The van der Waals surface area contributed by atoms with Gasteiger partial charge in [0.15, 0.2) is 0 Å². The van der Waals surface area contributed by atoms with E-state index >= 15 is 0 Å². The summed E-state index contributed by atoms with van der Waals surface area (Å²) in [5.41, 5.74) is 0.871. The molecule has 1 aromatic rings. The molecule has 0 saturated heterocycles. The lowest BCUT2D eigenvalue weighted by molar-refractivity contribution is -0.149. The normalized spacial score (nSPS) is 15.1. The molecule has 1 heterocycles. The van der Waals surface area contributed by atoms with Crippen molar-refractivity contribution in [1.29, 1.82) is 0 Å². The standard InChI is InChI=1S/C10H3Br3O3/c11-6-2-1-4(8(12)9(6)13)5-3-7(14)16-10(5)15/h1-3H. The third-order valence-corrected chi connectivity index (χ3v) is 5.37. The van der Waals surface area contributed by atoms with E-state index in [4.69, 9.17) is 0 Å². The molecule has 0 fully saturated rings. The van der Waals surface area contributed by atoms with Gasteiger partial charge in [0.25, 0.3) is 0 Å². The Hall–Kier alpha value is -0.460. The number of benzene rings is 1. The van der Waals surface area contributed by atoms with Gasteiger partial charge < -0.3 is 4.74 Å². The molecule has 0 radical (unpaired) electrons. The maximum atomic E-state index is 11.4. The second kappa shape index (κ2) is 4.43. The predicted octanol–water partition coefficient (Wildman–Crippen LogP) is 3.44. The Labute approximate surface area is 116 Å². The van der Waals surface area contributed by atoms with Gasteiger partial charge in [-0.05, 0) is 53.9 Å². The van der Waals surface area contributed by atoms with Crippen molar-refractivity contribution in [3.63, 3.8) is 0 Å². The van der Waals surface area contributed by atoms with Crippen LogP contribution in [0.5, 0.6) is 0 Å². The summed E-state index contributed by atoms with van der Waals surface area (Å²) in [6.07, 6.45) is 1.18. The summed E-state index contributed by atoms with van der Waals surface area (Å²) in [7, 11) is 0. The smallest absolute Gasteiger partial charge is 0.346 e. The number of rotatable bonds is 1. The van der Waals surface area contributed by atoms with Gasteiger partial charge in [-0.2, -0.15) is 0 Å². The molecule has 1 aliphatic heterocycles. The molecule has 16 heavy (non-hydrogen) atoms.